The van der Waals surface area contributed by atoms with E-state index in [0.717, 1.165) is 21.2 Å². The summed E-state index contributed by atoms with van der Waals surface area (Å²) >= 11 is 2.23. The minimum absolute atomic E-state index is 0.0540. The molecule has 44 heavy (non-hydrogen) atoms. The number of rotatable bonds is 9. The highest BCUT2D eigenvalue weighted by Crippen LogP contribution is 2.41. The molecule has 3 heterocycles. The summed E-state index contributed by atoms with van der Waals surface area (Å²) in [6.45, 7) is 0. The van der Waals surface area contributed by atoms with E-state index < -0.39 is 63.8 Å². The summed E-state index contributed by atoms with van der Waals surface area (Å²) < 4.78 is 1.04. The molecule has 228 valence electrons. The van der Waals surface area contributed by atoms with E-state index in [2.05, 4.69) is 20.8 Å². The number of aromatic nitrogens is 3. The van der Waals surface area contributed by atoms with E-state index in [9.17, 15) is 44.1 Å². The third-order valence-electron chi connectivity index (χ3n) is 6.89. The molecular formula is C27H24N6O9S2. The normalized spacial score (nSPS) is 18.2. The molecule has 3 atom stereocenters. The number of thioether (sulfide) groups is 2. The number of carbonyl (C=O) groups is 4. The number of amides is 3. The first-order valence-electron chi connectivity index (χ1n) is 12.8. The molecule has 0 spiro atoms. The number of hydrogen-bond acceptors (Lipinski definition) is 11. The smallest absolute Gasteiger partial charge is 0.352 e. The summed E-state index contributed by atoms with van der Waals surface area (Å²) in [7, 11) is 1.36. The van der Waals surface area contributed by atoms with Crippen molar-refractivity contribution < 1.29 is 34.5 Å². The van der Waals surface area contributed by atoms with E-state index in [0.29, 0.717) is 11.1 Å². The number of aliphatic carboxylic acids is 1. The lowest BCUT2D eigenvalue weighted by Gasteiger charge is -2.49. The molecule has 5 rings (SSSR count). The van der Waals surface area contributed by atoms with Crippen LogP contribution in [0.4, 0.5) is 0 Å². The first kappa shape index (κ1) is 30.4. The van der Waals surface area contributed by atoms with E-state index in [1.54, 1.807) is 30.3 Å². The third kappa shape index (κ3) is 5.66. The van der Waals surface area contributed by atoms with Gasteiger partial charge in [-0.15, -0.1) is 16.9 Å². The van der Waals surface area contributed by atoms with E-state index >= 15 is 0 Å². The van der Waals surface area contributed by atoms with Gasteiger partial charge >= 0.3 is 17.1 Å². The van der Waals surface area contributed by atoms with Gasteiger partial charge in [-0.25, -0.2) is 9.89 Å². The number of aromatic amines is 1. The number of H-pyrrole nitrogens is 1. The Morgan fingerprint density at radius 2 is 1.84 bits per heavy atom. The van der Waals surface area contributed by atoms with Gasteiger partial charge < -0.3 is 26.0 Å². The maximum atomic E-state index is 13.5. The SMILES string of the molecule is Cn1c(SCC2=C(C(=O)O)N3C(=O)C(NC(=O)C(NC(=O)c4cccc(O)c4O)c4ccccc4)[C@@H]3SC2)n[nH]c(=O)c1=O. The molecule has 15 nitrogen and oxygen atoms in total. The van der Waals surface area contributed by atoms with Gasteiger partial charge in [-0.1, -0.05) is 48.2 Å². The molecule has 1 aromatic heterocycles. The Balaban J connectivity index is 1.34. The van der Waals surface area contributed by atoms with Crippen LogP contribution in [0.15, 0.2) is 74.5 Å². The number of nitrogens with zero attached hydrogens (tertiary/aromatic N) is 3. The molecule has 17 heteroatoms. The highest BCUT2D eigenvalue weighted by molar-refractivity contribution is 8.01. The Morgan fingerprint density at radius 1 is 1.11 bits per heavy atom. The Kier molecular flexibility index (Phi) is 8.50. The Morgan fingerprint density at radius 3 is 2.55 bits per heavy atom. The summed E-state index contributed by atoms with van der Waals surface area (Å²) in [5, 5.41) is 40.3. The standard InChI is InChI=1S/C27H24N6O9S2/c1-32-24(40)22(38)30-31-27(32)44-11-13-10-43-25-17(23(39)33(25)18(13)26(41)42)29-21(37)16(12-6-3-2-4-7-12)28-20(36)14-8-5-9-15(34)19(14)35/h2-9,16-17,25,34-35H,10-11H2,1H3,(H,28,36)(H,29,37)(H,30,38)(H,41,42)/t16?,17?,25-/m0/s1. The van der Waals surface area contributed by atoms with Gasteiger partial charge in [0.05, 0.1) is 5.56 Å². The quantitative estimate of drug-likeness (QED) is 0.0780. The number of benzene rings is 2. The fourth-order valence-corrected chi connectivity index (χ4v) is 7.05. The average molecular weight is 641 g/mol. The molecule has 0 bridgehead atoms. The first-order chi connectivity index (χ1) is 21.0. The summed E-state index contributed by atoms with van der Waals surface area (Å²) in [4.78, 5) is 76.4. The highest BCUT2D eigenvalue weighted by atomic mass is 32.2. The number of carboxylic acid groups (broad SMARTS) is 1. The zero-order valence-corrected chi connectivity index (χ0v) is 24.3. The number of phenolic OH excluding ortho intramolecular Hbond substituents is 2. The van der Waals surface area contributed by atoms with Gasteiger partial charge in [-0.3, -0.25) is 33.4 Å². The predicted octanol–water partition coefficient (Wildman–Crippen LogP) is -0.118. The number of fused-ring (bicyclic) bond motifs is 1. The molecule has 0 radical (unpaired) electrons. The second-order valence-corrected chi connectivity index (χ2v) is 11.7. The maximum absolute atomic E-state index is 13.5. The van der Waals surface area contributed by atoms with Crippen molar-refractivity contribution in [3.8, 4) is 11.5 Å². The van der Waals surface area contributed by atoms with Crippen molar-refractivity contribution in [3.05, 3.63) is 91.6 Å². The van der Waals surface area contributed by atoms with Crippen molar-refractivity contribution in [1.29, 1.82) is 0 Å². The zero-order valence-electron chi connectivity index (χ0n) is 22.7. The predicted molar refractivity (Wildman–Crippen MR) is 157 cm³/mol. The fourth-order valence-electron chi connectivity index (χ4n) is 4.64. The van der Waals surface area contributed by atoms with Crippen LogP contribution >= 0.6 is 23.5 Å². The molecule has 0 aliphatic carbocycles. The number of para-hydroxylation sites is 1. The Bertz CT molecular complexity index is 1820. The lowest BCUT2D eigenvalue weighted by Crippen LogP contribution is -2.71. The number of hydrogen-bond donors (Lipinski definition) is 6. The molecule has 6 N–H and O–H groups in total. The average Bonchev–Trinajstić information content (AvgIpc) is 3.01. The second-order valence-electron chi connectivity index (χ2n) is 9.63. The summed E-state index contributed by atoms with van der Waals surface area (Å²) in [5.74, 6) is -4.59. The summed E-state index contributed by atoms with van der Waals surface area (Å²) in [6, 6.07) is 9.55. The number of carbonyl (C=O) groups excluding carboxylic acids is 3. The molecule has 2 unspecified atom stereocenters. The van der Waals surface area contributed by atoms with Crippen LogP contribution in [0.1, 0.15) is 22.0 Å². The van der Waals surface area contributed by atoms with Crippen LogP contribution in [0.2, 0.25) is 0 Å². The number of carboxylic acids is 1. The minimum atomic E-state index is -1.35. The van der Waals surface area contributed by atoms with Crippen molar-refractivity contribution in [3.63, 3.8) is 0 Å². The fraction of sp³-hybridized carbons (Fsp3) is 0.222. The molecule has 0 saturated carbocycles. The molecule has 3 aromatic rings. The lowest BCUT2D eigenvalue weighted by molar-refractivity contribution is -0.151. The summed E-state index contributed by atoms with van der Waals surface area (Å²) in [5.41, 5.74) is -1.50. The molecule has 3 amide bonds. The van der Waals surface area contributed by atoms with Gasteiger partial charge in [0.2, 0.25) is 5.91 Å². The summed E-state index contributed by atoms with van der Waals surface area (Å²) in [6.07, 6.45) is 0. The van der Waals surface area contributed by atoms with Gasteiger partial charge in [0, 0.05) is 18.6 Å². The molecule has 2 aliphatic rings. The molecule has 2 aromatic carbocycles. The van der Waals surface area contributed by atoms with Crippen LogP contribution < -0.4 is 21.8 Å². The van der Waals surface area contributed by atoms with Crippen LogP contribution in [-0.4, -0.2) is 81.6 Å². The minimum Gasteiger partial charge on any atom is -0.504 e. The van der Waals surface area contributed by atoms with Crippen molar-refractivity contribution in [2.45, 2.75) is 22.6 Å². The van der Waals surface area contributed by atoms with E-state index in [-0.39, 0.29) is 27.9 Å². The third-order valence-corrected chi connectivity index (χ3v) is 9.35. The number of phenols is 2. The van der Waals surface area contributed by atoms with Crippen LogP contribution in [0.25, 0.3) is 0 Å². The topological polar surface area (TPSA) is 224 Å². The van der Waals surface area contributed by atoms with Crippen molar-refractivity contribution in [1.82, 2.24) is 30.3 Å². The Labute approximate surface area is 256 Å². The van der Waals surface area contributed by atoms with Crippen molar-refractivity contribution in [2.24, 2.45) is 7.05 Å². The molecule has 1 saturated heterocycles. The van der Waals surface area contributed by atoms with Gasteiger partial charge in [-0.05, 0) is 23.3 Å². The maximum Gasteiger partial charge on any atom is 0.352 e. The molecular weight excluding hydrogens is 616 g/mol. The lowest BCUT2D eigenvalue weighted by atomic mass is 10.0. The highest BCUT2D eigenvalue weighted by Gasteiger charge is 2.54. The van der Waals surface area contributed by atoms with Gasteiger partial charge in [0.1, 0.15) is 23.2 Å². The van der Waals surface area contributed by atoms with Gasteiger partial charge in [-0.2, -0.15) is 0 Å². The van der Waals surface area contributed by atoms with Crippen molar-refractivity contribution in [2.75, 3.05) is 11.5 Å². The van der Waals surface area contributed by atoms with Crippen LogP contribution in [0.3, 0.4) is 0 Å². The van der Waals surface area contributed by atoms with E-state index in [1.165, 1.54) is 37.0 Å². The first-order valence-corrected chi connectivity index (χ1v) is 14.9. The van der Waals surface area contributed by atoms with Gasteiger partial charge in [0.25, 0.3) is 11.8 Å². The van der Waals surface area contributed by atoms with E-state index in [4.69, 9.17) is 0 Å². The molecule has 1 fully saturated rings. The monoisotopic (exact) mass is 640 g/mol. The largest absolute Gasteiger partial charge is 0.504 e. The van der Waals surface area contributed by atoms with Crippen LogP contribution in [0, 0.1) is 0 Å². The van der Waals surface area contributed by atoms with Crippen LogP contribution in [0.5, 0.6) is 11.5 Å². The number of β-lactam (4-membered cyclic amide) rings is 1. The number of aromatic hydroxyl groups is 2. The zero-order chi connectivity index (χ0) is 31.7. The number of nitrogens with one attached hydrogen (secondary N) is 3. The Hall–Kier alpha value is -5.03. The molecule has 2 aliphatic heterocycles. The van der Waals surface area contributed by atoms with E-state index in [1.807, 2.05) is 0 Å². The van der Waals surface area contributed by atoms with Crippen LogP contribution in [-0.2, 0) is 21.4 Å². The second kappa shape index (κ2) is 12.3. The van der Waals surface area contributed by atoms with Crippen molar-refractivity contribution >= 4 is 47.2 Å². The van der Waals surface area contributed by atoms with Gasteiger partial charge in [0.15, 0.2) is 16.7 Å².